The van der Waals surface area contributed by atoms with Crippen LogP contribution in [0.5, 0.6) is 5.75 Å². The van der Waals surface area contributed by atoms with E-state index in [0.29, 0.717) is 12.1 Å². The number of rotatable bonds is 4. The van der Waals surface area contributed by atoms with Crippen LogP contribution < -0.4 is 9.64 Å². The summed E-state index contributed by atoms with van der Waals surface area (Å²) in [4.78, 5) is 10.9. The molecule has 0 N–H and O–H groups in total. The van der Waals surface area contributed by atoms with Crippen molar-refractivity contribution in [3.8, 4) is 5.75 Å². The Balaban J connectivity index is 1.75. The van der Waals surface area contributed by atoms with Crippen LogP contribution in [0.4, 0.5) is 5.82 Å². The minimum Gasteiger partial charge on any atom is -0.497 e. The fourth-order valence-electron chi connectivity index (χ4n) is 2.90. The van der Waals surface area contributed by atoms with Crippen LogP contribution in [-0.2, 0) is 6.54 Å². The monoisotopic (exact) mass is 319 g/mol. The zero-order valence-electron chi connectivity index (χ0n) is 13.6. The zero-order chi connectivity index (χ0) is 16.5. The van der Waals surface area contributed by atoms with Crippen LogP contribution in [0.2, 0.25) is 0 Å². The van der Waals surface area contributed by atoms with Gasteiger partial charge in [-0.2, -0.15) is 0 Å². The van der Waals surface area contributed by atoms with E-state index in [1.165, 1.54) is 0 Å². The Bertz CT molecular complexity index is 1010. The molecule has 2 aromatic heterocycles. The molecule has 4 rings (SSSR count). The summed E-state index contributed by atoms with van der Waals surface area (Å²) in [7, 11) is 3.67. The molecular formula is C19H17N3O2. The summed E-state index contributed by atoms with van der Waals surface area (Å²) < 4.78 is 11.3. The SMILES string of the molecule is COc1cccc(CN(C)c2ncnc3c2oc2ccccc23)c1. The molecule has 0 unspecified atom stereocenters. The van der Waals surface area contributed by atoms with E-state index in [0.717, 1.165) is 33.6 Å². The molecule has 0 bridgehead atoms. The molecule has 0 saturated carbocycles. The van der Waals surface area contributed by atoms with Gasteiger partial charge in [0.05, 0.1) is 7.11 Å². The molecule has 5 heteroatoms. The molecule has 4 aromatic rings. The van der Waals surface area contributed by atoms with Crippen molar-refractivity contribution in [3.05, 3.63) is 60.4 Å². The number of nitrogens with zero attached hydrogens (tertiary/aromatic N) is 3. The lowest BCUT2D eigenvalue weighted by Gasteiger charge is -2.18. The first-order valence-electron chi connectivity index (χ1n) is 7.72. The molecule has 0 atom stereocenters. The van der Waals surface area contributed by atoms with Crippen molar-refractivity contribution in [2.75, 3.05) is 19.1 Å². The fourth-order valence-corrected chi connectivity index (χ4v) is 2.90. The van der Waals surface area contributed by atoms with Gasteiger partial charge in [-0.05, 0) is 29.8 Å². The second-order valence-corrected chi connectivity index (χ2v) is 5.68. The standard InChI is InChI=1S/C19H17N3O2/c1-22(11-13-6-5-7-14(10-13)23-2)19-18-17(20-12-21-19)15-8-3-4-9-16(15)24-18/h3-10,12H,11H2,1-2H3. The highest BCUT2D eigenvalue weighted by Crippen LogP contribution is 2.32. The Labute approximate surface area is 139 Å². The van der Waals surface area contributed by atoms with E-state index in [-0.39, 0.29) is 0 Å². The number of hydrogen-bond donors (Lipinski definition) is 0. The molecule has 0 spiro atoms. The van der Waals surface area contributed by atoms with Gasteiger partial charge < -0.3 is 14.1 Å². The first-order chi connectivity index (χ1) is 11.8. The molecule has 0 aliphatic rings. The largest absolute Gasteiger partial charge is 0.497 e. The van der Waals surface area contributed by atoms with Gasteiger partial charge in [0, 0.05) is 19.0 Å². The second kappa shape index (κ2) is 5.85. The lowest BCUT2D eigenvalue weighted by atomic mass is 10.2. The summed E-state index contributed by atoms with van der Waals surface area (Å²) in [6, 6.07) is 15.9. The predicted molar refractivity (Wildman–Crippen MR) is 94.4 cm³/mol. The third-order valence-corrected chi connectivity index (χ3v) is 4.05. The number of anilines is 1. The van der Waals surface area contributed by atoms with Gasteiger partial charge in [-0.15, -0.1) is 0 Å². The maximum Gasteiger partial charge on any atom is 0.196 e. The quantitative estimate of drug-likeness (QED) is 0.568. The Morgan fingerprint density at radius 3 is 2.83 bits per heavy atom. The summed E-state index contributed by atoms with van der Waals surface area (Å²) in [6.07, 6.45) is 1.59. The number of aromatic nitrogens is 2. The fraction of sp³-hybridized carbons (Fsp3) is 0.158. The molecule has 24 heavy (non-hydrogen) atoms. The normalized spacial score (nSPS) is 11.1. The lowest BCUT2D eigenvalue weighted by Crippen LogP contribution is -2.18. The lowest BCUT2D eigenvalue weighted by molar-refractivity contribution is 0.414. The number of para-hydroxylation sites is 1. The van der Waals surface area contributed by atoms with Gasteiger partial charge in [0.2, 0.25) is 0 Å². The van der Waals surface area contributed by atoms with Crippen LogP contribution in [0.15, 0.2) is 59.3 Å². The molecule has 120 valence electrons. The molecule has 0 aliphatic carbocycles. The van der Waals surface area contributed by atoms with Crippen molar-refractivity contribution >= 4 is 27.9 Å². The van der Waals surface area contributed by atoms with E-state index in [1.807, 2.05) is 49.5 Å². The van der Waals surface area contributed by atoms with Gasteiger partial charge in [0.25, 0.3) is 0 Å². The van der Waals surface area contributed by atoms with E-state index in [4.69, 9.17) is 9.15 Å². The van der Waals surface area contributed by atoms with Crippen LogP contribution >= 0.6 is 0 Å². The van der Waals surface area contributed by atoms with Gasteiger partial charge in [-0.1, -0.05) is 24.3 Å². The summed E-state index contributed by atoms with van der Waals surface area (Å²) in [5, 5.41) is 1.01. The average molecular weight is 319 g/mol. The molecule has 2 heterocycles. The molecule has 0 radical (unpaired) electrons. The topological polar surface area (TPSA) is 51.4 Å². The van der Waals surface area contributed by atoms with Crippen molar-refractivity contribution in [1.29, 1.82) is 0 Å². The van der Waals surface area contributed by atoms with E-state index in [9.17, 15) is 0 Å². The van der Waals surface area contributed by atoms with Gasteiger partial charge in [0.15, 0.2) is 11.4 Å². The van der Waals surface area contributed by atoms with E-state index >= 15 is 0 Å². The highest BCUT2D eigenvalue weighted by molar-refractivity contribution is 6.05. The van der Waals surface area contributed by atoms with Gasteiger partial charge in [0.1, 0.15) is 23.2 Å². The van der Waals surface area contributed by atoms with Crippen molar-refractivity contribution in [2.24, 2.45) is 0 Å². The molecule has 0 saturated heterocycles. The zero-order valence-corrected chi connectivity index (χ0v) is 13.6. The predicted octanol–water partition coefficient (Wildman–Crippen LogP) is 4.02. The van der Waals surface area contributed by atoms with Crippen molar-refractivity contribution in [1.82, 2.24) is 9.97 Å². The van der Waals surface area contributed by atoms with Crippen molar-refractivity contribution < 1.29 is 9.15 Å². The third-order valence-electron chi connectivity index (χ3n) is 4.05. The Hall–Kier alpha value is -3.08. The number of hydrogen-bond acceptors (Lipinski definition) is 5. The molecule has 0 aliphatic heterocycles. The maximum absolute atomic E-state index is 6.00. The first kappa shape index (κ1) is 14.5. The first-order valence-corrected chi connectivity index (χ1v) is 7.72. The highest BCUT2D eigenvalue weighted by Gasteiger charge is 2.16. The van der Waals surface area contributed by atoms with Crippen LogP contribution in [0.25, 0.3) is 22.1 Å². The van der Waals surface area contributed by atoms with E-state index in [1.54, 1.807) is 13.4 Å². The summed E-state index contributed by atoms with van der Waals surface area (Å²) in [6.45, 7) is 0.695. The number of benzene rings is 2. The van der Waals surface area contributed by atoms with Gasteiger partial charge >= 0.3 is 0 Å². The van der Waals surface area contributed by atoms with Gasteiger partial charge in [-0.3, -0.25) is 0 Å². The van der Waals surface area contributed by atoms with E-state index in [2.05, 4.69) is 20.9 Å². The minimum absolute atomic E-state index is 0.695. The molecule has 0 fully saturated rings. The van der Waals surface area contributed by atoms with Gasteiger partial charge in [-0.25, -0.2) is 9.97 Å². The maximum atomic E-state index is 6.00. The minimum atomic E-state index is 0.695. The highest BCUT2D eigenvalue weighted by atomic mass is 16.5. The Morgan fingerprint density at radius 2 is 1.96 bits per heavy atom. The molecular weight excluding hydrogens is 302 g/mol. The van der Waals surface area contributed by atoms with Crippen LogP contribution in [0, 0.1) is 0 Å². The number of methoxy groups -OCH3 is 1. The summed E-state index contributed by atoms with van der Waals surface area (Å²) in [5.74, 6) is 1.62. The van der Waals surface area contributed by atoms with Crippen molar-refractivity contribution in [3.63, 3.8) is 0 Å². The summed E-state index contributed by atoms with van der Waals surface area (Å²) in [5.41, 5.74) is 3.51. The molecule has 5 nitrogen and oxygen atoms in total. The Morgan fingerprint density at radius 1 is 1.08 bits per heavy atom. The number of furan rings is 1. The van der Waals surface area contributed by atoms with Crippen LogP contribution in [0.3, 0.4) is 0 Å². The molecule has 0 amide bonds. The molecule has 2 aromatic carbocycles. The van der Waals surface area contributed by atoms with E-state index < -0.39 is 0 Å². The second-order valence-electron chi connectivity index (χ2n) is 5.68. The third kappa shape index (κ3) is 2.44. The smallest absolute Gasteiger partial charge is 0.196 e. The number of fused-ring (bicyclic) bond motifs is 3. The number of ether oxygens (including phenoxy) is 1. The van der Waals surface area contributed by atoms with Crippen LogP contribution in [-0.4, -0.2) is 24.1 Å². The summed E-state index contributed by atoms with van der Waals surface area (Å²) >= 11 is 0. The Kier molecular flexibility index (Phi) is 3.54. The van der Waals surface area contributed by atoms with Crippen molar-refractivity contribution in [2.45, 2.75) is 6.54 Å². The average Bonchev–Trinajstić information content (AvgIpc) is 3.00. The van der Waals surface area contributed by atoms with Crippen LogP contribution in [0.1, 0.15) is 5.56 Å².